The fourth-order valence-corrected chi connectivity index (χ4v) is 3.51. The fraction of sp³-hybridized carbons (Fsp3) is 0.522. The van der Waals surface area contributed by atoms with Crippen LogP contribution in [-0.4, -0.2) is 52.1 Å². The topological polar surface area (TPSA) is 94.2 Å². The Morgan fingerprint density at radius 2 is 1.65 bits per heavy atom. The van der Waals surface area contributed by atoms with Gasteiger partial charge >= 0.3 is 12.1 Å². The highest BCUT2D eigenvalue weighted by atomic mass is 16.7. The van der Waals surface area contributed by atoms with E-state index >= 15 is 0 Å². The second-order valence-electron chi connectivity index (χ2n) is 9.88. The first-order valence-corrected chi connectivity index (χ1v) is 10.3. The number of hydroxylamine groups is 1. The van der Waals surface area contributed by atoms with Crippen LogP contribution in [0.4, 0.5) is 4.79 Å². The summed E-state index contributed by atoms with van der Waals surface area (Å²) in [5.74, 6) is -0.780. The number of hydrogen-bond donors (Lipinski definition) is 1. The molecule has 1 N–H and O–H groups in total. The largest absolute Gasteiger partial charge is 0.458 e. The number of Topliss-reactive ketones (excluding diaryl/α,β-unsaturated/α-hetero) is 1. The SMILES string of the molecule is CC(C)(C)OC(=O)[C@@H]1C[C@]2(C=C(C(=O)c3ccccc3)NO2)CN1C(=O)OC(C)(C)C. The Hall–Kier alpha value is -2.87. The van der Waals surface area contributed by atoms with Crippen LogP contribution < -0.4 is 5.48 Å². The van der Waals surface area contributed by atoms with Crippen molar-refractivity contribution in [2.45, 2.75) is 70.8 Å². The number of likely N-dealkylation sites (tertiary alicyclic amines) is 1. The van der Waals surface area contributed by atoms with Crippen molar-refractivity contribution in [2.24, 2.45) is 0 Å². The lowest BCUT2D eigenvalue weighted by Crippen LogP contribution is -2.46. The summed E-state index contributed by atoms with van der Waals surface area (Å²) in [7, 11) is 0. The Kier molecular flexibility index (Phi) is 5.88. The summed E-state index contributed by atoms with van der Waals surface area (Å²) in [6.45, 7) is 10.6. The molecule has 168 valence electrons. The van der Waals surface area contributed by atoms with Gasteiger partial charge in [-0.25, -0.2) is 9.59 Å². The van der Waals surface area contributed by atoms with Crippen molar-refractivity contribution in [3.05, 3.63) is 47.7 Å². The van der Waals surface area contributed by atoms with Crippen LogP contribution in [0.25, 0.3) is 0 Å². The Morgan fingerprint density at radius 3 is 2.23 bits per heavy atom. The predicted octanol–water partition coefficient (Wildman–Crippen LogP) is 3.38. The van der Waals surface area contributed by atoms with Gasteiger partial charge in [0.1, 0.15) is 28.5 Å². The van der Waals surface area contributed by atoms with E-state index in [2.05, 4.69) is 5.48 Å². The molecule has 8 heteroatoms. The standard InChI is InChI=1S/C23H30N2O6/c1-21(2,3)29-19(27)17-13-23(14-25(17)20(28)30-22(4,5)6)12-16(24-31-23)18(26)15-10-8-7-9-11-15/h7-12,17,24H,13-14H2,1-6H3/t17-,23+/m0/s1. The lowest BCUT2D eigenvalue weighted by molar-refractivity contribution is -0.160. The maximum atomic E-state index is 12.9. The van der Waals surface area contributed by atoms with Crippen molar-refractivity contribution in [3.63, 3.8) is 0 Å². The number of ketones is 1. The number of allylic oxidation sites excluding steroid dienone is 1. The molecule has 2 heterocycles. The molecule has 1 saturated heterocycles. The zero-order valence-corrected chi connectivity index (χ0v) is 18.9. The van der Waals surface area contributed by atoms with Crippen LogP contribution in [-0.2, 0) is 19.1 Å². The van der Waals surface area contributed by atoms with Gasteiger partial charge in [0.15, 0.2) is 0 Å². The van der Waals surface area contributed by atoms with Gasteiger partial charge < -0.3 is 9.47 Å². The molecule has 1 fully saturated rings. The van der Waals surface area contributed by atoms with Crippen molar-refractivity contribution in [1.82, 2.24) is 10.4 Å². The predicted molar refractivity (Wildman–Crippen MR) is 113 cm³/mol. The van der Waals surface area contributed by atoms with E-state index in [4.69, 9.17) is 14.3 Å². The van der Waals surface area contributed by atoms with Crippen molar-refractivity contribution in [3.8, 4) is 0 Å². The number of ether oxygens (including phenoxy) is 2. The van der Waals surface area contributed by atoms with Gasteiger partial charge in [-0.15, -0.1) is 0 Å². The van der Waals surface area contributed by atoms with Crippen LogP contribution in [0.5, 0.6) is 0 Å². The molecular formula is C23H30N2O6. The highest BCUT2D eigenvalue weighted by Crippen LogP contribution is 2.37. The maximum absolute atomic E-state index is 12.9. The second kappa shape index (κ2) is 8.00. The number of esters is 1. The quantitative estimate of drug-likeness (QED) is 0.580. The van der Waals surface area contributed by atoms with E-state index in [-0.39, 0.29) is 24.4 Å². The minimum Gasteiger partial charge on any atom is -0.458 e. The zero-order chi connectivity index (χ0) is 23.0. The molecule has 1 aromatic carbocycles. The molecule has 0 bridgehead atoms. The van der Waals surface area contributed by atoms with Crippen molar-refractivity contribution >= 4 is 17.8 Å². The minimum absolute atomic E-state index is 0.0460. The summed E-state index contributed by atoms with van der Waals surface area (Å²) in [5, 5.41) is 0. The van der Waals surface area contributed by atoms with Crippen LogP contribution in [0.2, 0.25) is 0 Å². The smallest absolute Gasteiger partial charge is 0.411 e. The number of rotatable bonds is 3. The molecule has 2 atom stereocenters. The molecule has 0 saturated carbocycles. The number of benzene rings is 1. The van der Waals surface area contributed by atoms with Crippen LogP contribution in [0.15, 0.2) is 42.1 Å². The summed E-state index contributed by atoms with van der Waals surface area (Å²) in [5.41, 5.74) is 0.963. The third kappa shape index (κ3) is 5.44. The molecule has 1 amide bonds. The van der Waals surface area contributed by atoms with Gasteiger partial charge in [-0.1, -0.05) is 30.3 Å². The van der Waals surface area contributed by atoms with Crippen LogP contribution >= 0.6 is 0 Å². The van der Waals surface area contributed by atoms with E-state index in [0.29, 0.717) is 5.56 Å². The van der Waals surface area contributed by atoms with Crippen molar-refractivity contribution in [2.75, 3.05) is 6.54 Å². The molecule has 0 aromatic heterocycles. The minimum atomic E-state index is -1.04. The number of carbonyl (C=O) groups excluding carboxylic acids is 3. The molecule has 31 heavy (non-hydrogen) atoms. The van der Waals surface area contributed by atoms with E-state index in [1.165, 1.54) is 4.90 Å². The molecule has 1 aromatic rings. The van der Waals surface area contributed by atoms with Gasteiger partial charge in [0.05, 0.1) is 6.54 Å². The molecule has 3 rings (SSSR count). The van der Waals surface area contributed by atoms with E-state index in [0.717, 1.165) is 0 Å². The zero-order valence-electron chi connectivity index (χ0n) is 18.9. The molecule has 0 unspecified atom stereocenters. The molecule has 0 aliphatic carbocycles. The first kappa shape index (κ1) is 22.8. The number of amides is 1. The van der Waals surface area contributed by atoms with E-state index < -0.39 is 34.9 Å². The number of carbonyl (C=O) groups is 3. The average molecular weight is 431 g/mol. The lowest BCUT2D eigenvalue weighted by Gasteiger charge is -2.29. The first-order valence-electron chi connectivity index (χ1n) is 10.3. The first-order chi connectivity index (χ1) is 14.3. The van der Waals surface area contributed by atoms with Gasteiger partial charge in [-0.2, -0.15) is 0 Å². The summed E-state index contributed by atoms with van der Waals surface area (Å²) >= 11 is 0. The number of nitrogens with one attached hydrogen (secondary N) is 1. The van der Waals surface area contributed by atoms with Crippen LogP contribution in [0.1, 0.15) is 58.3 Å². The summed E-state index contributed by atoms with van der Waals surface area (Å²) in [6.07, 6.45) is 1.14. The number of nitrogens with zero attached hydrogens (tertiary/aromatic N) is 1. The third-order valence-electron chi connectivity index (χ3n) is 4.71. The van der Waals surface area contributed by atoms with Crippen LogP contribution in [0, 0.1) is 0 Å². The van der Waals surface area contributed by atoms with Gasteiger partial charge in [0.2, 0.25) is 5.78 Å². The van der Waals surface area contributed by atoms with Crippen LogP contribution in [0.3, 0.4) is 0 Å². The average Bonchev–Trinajstić information content (AvgIpc) is 3.24. The van der Waals surface area contributed by atoms with Gasteiger partial charge in [0.25, 0.3) is 0 Å². The third-order valence-corrected chi connectivity index (χ3v) is 4.71. The van der Waals surface area contributed by atoms with Gasteiger partial charge in [-0.3, -0.25) is 20.0 Å². The highest BCUT2D eigenvalue weighted by molar-refractivity contribution is 6.08. The Morgan fingerprint density at radius 1 is 1.03 bits per heavy atom. The van der Waals surface area contributed by atoms with E-state index in [9.17, 15) is 14.4 Å². The lowest BCUT2D eigenvalue weighted by atomic mass is 9.97. The summed E-state index contributed by atoms with van der Waals surface area (Å²) in [4.78, 5) is 45.6. The maximum Gasteiger partial charge on any atom is 0.411 e. The van der Waals surface area contributed by atoms with E-state index in [1.54, 1.807) is 71.9 Å². The molecule has 2 aliphatic heterocycles. The normalized spacial score (nSPS) is 23.4. The monoisotopic (exact) mass is 430 g/mol. The molecular weight excluding hydrogens is 400 g/mol. The van der Waals surface area contributed by atoms with Gasteiger partial charge in [0, 0.05) is 12.0 Å². The van der Waals surface area contributed by atoms with E-state index in [1.807, 2.05) is 6.07 Å². The highest BCUT2D eigenvalue weighted by Gasteiger charge is 2.54. The van der Waals surface area contributed by atoms with Crippen molar-refractivity contribution in [1.29, 1.82) is 0 Å². The molecule has 1 spiro atoms. The molecule has 2 aliphatic rings. The summed E-state index contributed by atoms with van der Waals surface area (Å²) < 4.78 is 11.0. The van der Waals surface area contributed by atoms with Gasteiger partial charge in [-0.05, 0) is 47.6 Å². The number of hydrogen-bond acceptors (Lipinski definition) is 7. The fourth-order valence-electron chi connectivity index (χ4n) is 3.51. The Bertz CT molecular complexity index is 859. The molecule has 0 radical (unpaired) electrons. The Labute approximate surface area is 182 Å². The Balaban J connectivity index is 1.87. The second-order valence-corrected chi connectivity index (χ2v) is 9.88. The molecule has 8 nitrogen and oxygen atoms in total. The summed E-state index contributed by atoms with van der Waals surface area (Å²) in [6, 6.07) is 7.89. The van der Waals surface area contributed by atoms with Crippen molar-refractivity contribution < 1.29 is 28.7 Å².